The number of aliphatic hydroxyl groups excluding tert-OH is 1. The number of hydrogen-bond acceptors (Lipinski definition) is 2. The van der Waals surface area contributed by atoms with Crippen molar-refractivity contribution in [3.63, 3.8) is 0 Å². The Balaban J connectivity index is 2.29. The fourth-order valence-electron chi connectivity index (χ4n) is 1.60. The highest BCUT2D eigenvalue weighted by Crippen LogP contribution is 2.23. The monoisotopic (exact) mass is 143 g/mol. The highest BCUT2D eigenvalue weighted by atomic mass is 16.3. The second kappa shape index (κ2) is 2.89. The number of rotatable bonds is 2. The van der Waals surface area contributed by atoms with Crippen molar-refractivity contribution in [2.24, 2.45) is 0 Å². The number of nitrogens with one attached hydrogen (secondary N) is 1. The largest absolute Gasteiger partial charge is 0.396 e. The normalized spacial score (nSPS) is 30.9. The van der Waals surface area contributed by atoms with Crippen LogP contribution in [-0.2, 0) is 0 Å². The van der Waals surface area contributed by atoms with E-state index in [1.54, 1.807) is 0 Å². The van der Waals surface area contributed by atoms with Gasteiger partial charge in [-0.2, -0.15) is 0 Å². The molecule has 2 nitrogen and oxygen atoms in total. The topological polar surface area (TPSA) is 32.3 Å². The fourth-order valence-corrected chi connectivity index (χ4v) is 1.60. The molecule has 1 aliphatic heterocycles. The van der Waals surface area contributed by atoms with Gasteiger partial charge in [-0.1, -0.05) is 0 Å². The van der Waals surface area contributed by atoms with Crippen LogP contribution in [0.4, 0.5) is 0 Å². The van der Waals surface area contributed by atoms with E-state index in [1.807, 2.05) is 0 Å². The predicted octanol–water partition coefficient (Wildman–Crippen LogP) is 0.899. The van der Waals surface area contributed by atoms with E-state index in [2.05, 4.69) is 19.2 Å². The third kappa shape index (κ3) is 1.96. The fraction of sp³-hybridized carbons (Fsp3) is 1.00. The molecule has 2 N–H and O–H groups in total. The minimum atomic E-state index is 0.305. The zero-order valence-corrected chi connectivity index (χ0v) is 6.85. The molecule has 0 amide bonds. The lowest BCUT2D eigenvalue weighted by atomic mass is 10.0. The Morgan fingerprint density at radius 1 is 1.60 bits per heavy atom. The molecule has 1 heterocycles. The first kappa shape index (κ1) is 8.02. The third-order valence-corrected chi connectivity index (χ3v) is 2.19. The minimum Gasteiger partial charge on any atom is -0.396 e. The molecule has 0 radical (unpaired) electrons. The first-order valence-electron chi connectivity index (χ1n) is 4.02. The molecule has 1 aliphatic rings. The van der Waals surface area contributed by atoms with Crippen molar-refractivity contribution in [1.82, 2.24) is 5.32 Å². The molecule has 0 bridgehead atoms. The summed E-state index contributed by atoms with van der Waals surface area (Å²) in [5, 5.41) is 12.1. The Bertz CT molecular complexity index is 112. The SMILES string of the molecule is CC1(C)CCC(CCO)N1. The van der Waals surface area contributed by atoms with Gasteiger partial charge in [0.1, 0.15) is 0 Å². The summed E-state index contributed by atoms with van der Waals surface area (Å²) >= 11 is 0. The summed E-state index contributed by atoms with van der Waals surface area (Å²) in [6.45, 7) is 4.74. The second-order valence-electron chi connectivity index (χ2n) is 3.78. The van der Waals surface area contributed by atoms with Crippen molar-refractivity contribution in [2.75, 3.05) is 6.61 Å². The van der Waals surface area contributed by atoms with E-state index in [4.69, 9.17) is 5.11 Å². The highest BCUT2D eigenvalue weighted by molar-refractivity contribution is 4.90. The Kier molecular flexibility index (Phi) is 2.32. The molecule has 0 spiro atoms. The summed E-state index contributed by atoms with van der Waals surface area (Å²) < 4.78 is 0. The summed E-state index contributed by atoms with van der Waals surface area (Å²) in [6, 6.07) is 0.556. The van der Waals surface area contributed by atoms with Crippen molar-refractivity contribution in [3.05, 3.63) is 0 Å². The van der Waals surface area contributed by atoms with E-state index in [9.17, 15) is 0 Å². The maximum Gasteiger partial charge on any atom is 0.0445 e. The molecular weight excluding hydrogens is 126 g/mol. The minimum absolute atomic E-state index is 0.305. The van der Waals surface area contributed by atoms with Gasteiger partial charge in [0.2, 0.25) is 0 Å². The van der Waals surface area contributed by atoms with Crippen LogP contribution in [0.1, 0.15) is 33.1 Å². The van der Waals surface area contributed by atoms with Crippen LogP contribution in [0.15, 0.2) is 0 Å². The van der Waals surface area contributed by atoms with Crippen LogP contribution in [-0.4, -0.2) is 23.3 Å². The lowest BCUT2D eigenvalue weighted by molar-refractivity contribution is 0.265. The van der Waals surface area contributed by atoms with Crippen molar-refractivity contribution >= 4 is 0 Å². The molecule has 0 aromatic rings. The van der Waals surface area contributed by atoms with Gasteiger partial charge in [0.15, 0.2) is 0 Å². The van der Waals surface area contributed by atoms with Gasteiger partial charge in [0.25, 0.3) is 0 Å². The van der Waals surface area contributed by atoms with Gasteiger partial charge in [-0.3, -0.25) is 0 Å². The average molecular weight is 143 g/mol. The van der Waals surface area contributed by atoms with Gasteiger partial charge >= 0.3 is 0 Å². The highest BCUT2D eigenvalue weighted by Gasteiger charge is 2.28. The van der Waals surface area contributed by atoms with E-state index < -0.39 is 0 Å². The Hall–Kier alpha value is -0.0800. The van der Waals surface area contributed by atoms with Crippen molar-refractivity contribution in [3.8, 4) is 0 Å². The zero-order valence-electron chi connectivity index (χ0n) is 6.85. The Morgan fingerprint density at radius 2 is 2.30 bits per heavy atom. The molecule has 1 saturated heterocycles. The van der Waals surface area contributed by atoms with Gasteiger partial charge in [-0.25, -0.2) is 0 Å². The van der Waals surface area contributed by atoms with Crippen LogP contribution in [0.2, 0.25) is 0 Å². The Morgan fingerprint density at radius 3 is 2.70 bits per heavy atom. The van der Waals surface area contributed by atoms with Crippen molar-refractivity contribution < 1.29 is 5.11 Å². The average Bonchev–Trinajstić information content (AvgIpc) is 2.12. The van der Waals surface area contributed by atoms with Gasteiger partial charge in [-0.15, -0.1) is 0 Å². The van der Waals surface area contributed by atoms with Crippen LogP contribution in [0, 0.1) is 0 Å². The molecule has 2 heteroatoms. The molecule has 1 unspecified atom stereocenters. The second-order valence-corrected chi connectivity index (χ2v) is 3.78. The number of hydrogen-bond donors (Lipinski definition) is 2. The first-order chi connectivity index (χ1) is 4.64. The molecule has 0 aromatic carbocycles. The third-order valence-electron chi connectivity index (χ3n) is 2.19. The van der Waals surface area contributed by atoms with Crippen LogP contribution in [0.3, 0.4) is 0 Å². The summed E-state index contributed by atoms with van der Waals surface area (Å²) in [7, 11) is 0. The molecule has 10 heavy (non-hydrogen) atoms. The van der Waals surface area contributed by atoms with E-state index in [0.717, 1.165) is 6.42 Å². The smallest absolute Gasteiger partial charge is 0.0445 e. The molecule has 1 atom stereocenters. The van der Waals surface area contributed by atoms with E-state index in [0.29, 0.717) is 18.2 Å². The van der Waals surface area contributed by atoms with Crippen molar-refractivity contribution in [1.29, 1.82) is 0 Å². The molecular formula is C8H17NO. The summed E-state index contributed by atoms with van der Waals surface area (Å²) in [5.74, 6) is 0. The predicted molar refractivity (Wildman–Crippen MR) is 41.9 cm³/mol. The van der Waals surface area contributed by atoms with Gasteiger partial charge < -0.3 is 10.4 Å². The van der Waals surface area contributed by atoms with Crippen LogP contribution in [0.5, 0.6) is 0 Å². The molecule has 1 fully saturated rings. The Labute approximate surface area is 62.6 Å². The molecule has 0 aliphatic carbocycles. The standard InChI is InChI=1S/C8H17NO/c1-8(2)5-3-7(9-8)4-6-10/h7,9-10H,3-6H2,1-2H3. The number of aliphatic hydroxyl groups is 1. The van der Waals surface area contributed by atoms with Crippen LogP contribution < -0.4 is 5.32 Å². The zero-order chi connectivity index (χ0) is 7.61. The maximum atomic E-state index is 8.66. The lowest BCUT2D eigenvalue weighted by Crippen LogP contribution is -2.37. The van der Waals surface area contributed by atoms with Crippen LogP contribution >= 0.6 is 0 Å². The maximum absolute atomic E-state index is 8.66. The lowest BCUT2D eigenvalue weighted by Gasteiger charge is -2.19. The van der Waals surface area contributed by atoms with E-state index in [-0.39, 0.29) is 0 Å². The van der Waals surface area contributed by atoms with Crippen LogP contribution in [0.25, 0.3) is 0 Å². The van der Waals surface area contributed by atoms with Gasteiger partial charge in [-0.05, 0) is 33.1 Å². The molecule has 1 rings (SSSR count). The van der Waals surface area contributed by atoms with E-state index in [1.165, 1.54) is 12.8 Å². The summed E-state index contributed by atoms with van der Waals surface area (Å²) in [4.78, 5) is 0. The van der Waals surface area contributed by atoms with Gasteiger partial charge in [0.05, 0.1) is 0 Å². The molecule has 60 valence electrons. The van der Waals surface area contributed by atoms with Crippen molar-refractivity contribution in [2.45, 2.75) is 44.7 Å². The summed E-state index contributed by atoms with van der Waals surface area (Å²) in [6.07, 6.45) is 3.36. The molecule has 0 aromatic heterocycles. The quantitative estimate of drug-likeness (QED) is 0.602. The summed E-state index contributed by atoms with van der Waals surface area (Å²) in [5.41, 5.74) is 0.305. The van der Waals surface area contributed by atoms with E-state index >= 15 is 0 Å². The first-order valence-corrected chi connectivity index (χ1v) is 4.02. The molecule has 0 saturated carbocycles. The van der Waals surface area contributed by atoms with Gasteiger partial charge in [0, 0.05) is 18.2 Å².